The summed E-state index contributed by atoms with van der Waals surface area (Å²) in [5.74, 6) is 5.23. The van der Waals surface area contributed by atoms with Crippen LogP contribution in [0.2, 0.25) is 0 Å². The van der Waals surface area contributed by atoms with Crippen LogP contribution in [0.1, 0.15) is 25.0 Å². The number of nitrogens with two attached hydrogens (primary N) is 1. The Labute approximate surface area is 124 Å². The first-order valence-electron chi connectivity index (χ1n) is 7.07. The first kappa shape index (κ1) is 13.8. The van der Waals surface area contributed by atoms with Gasteiger partial charge in [0.2, 0.25) is 11.8 Å². The van der Waals surface area contributed by atoms with E-state index in [0.29, 0.717) is 5.69 Å². The lowest BCUT2D eigenvalue weighted by Gasteiger charge is -2.22. The van der Waals surface area contributed by atoms with Crippen molar-refractivity contribution in [3.8, 4) is 11.8 Å². The van der Waals surface area contributed by atoms with Gasteiger partial charge in [-0.1, -0.05) is 31.8 Å². The summed E-state index contributed by atoms with van der Waals surface area (Å²) in [5.41, 5.74) is 7.50. The van der Waals surface area contributed by atoms with E-state index in [4.69, 9.17) is 5.73 Å². The number of imide groups is 1. The Morgan fingerprint density at radius 3 is 2.43 bits per heavy atom. The number of carbonyl (C=O) groups is 2. The standard InChI is InChI=1S/C17H18N2O2/c1-10-6-7-11(5-4-8-18)9-12(10)19-15(20)13-14(16(19)21)17(13,2)3/h6-7,9,13-14H,8,18H2,1-3H3. The zero-order valence-electron chi connectivity index (χ0n) is 12.4. The highest BCUT2D eigenvalue weighted by molar-refractivity contribution is 6.26. The van der Waals surface area contributed by atoms with Gasteiger partial charge >= 0.3 is 0 Å². The average molecular weight is 282 g/mol. The van der Waals surface area contributed by atoms with Gasteiger partial charge in [0.25, 0.3) is 0 Å². The van der Waals surface area contributed by atoms with Gasteiger partial charge < -0.3 is 5.73 Å². The molecule has 108 valence electrons. The molecule has 1 heterocycles. The molecule has 1 aliphatic heterocycles. The van der Waals surface area contributed by atoms with E-state index < -0.39 is 0 Å². The number of amides is 2. The minimum atomic E-state index is -0.185. The van der Waals surface area contributed by atoms with Gasteiger partial charge in [0.15, 0.2) is 0 Å². The Morgan fingerprint density at radius 1 is 1.24 bits per heavy atom. The third-order valence-corrected chi connectivity index (χ3v) is 4.59. The molecule has 2 fully saturated rings. The van der Waals surface area contributed by atoms with Gasteiger partial charge in [-0.05, 0) is 30.0 Å². The summed E-state index contributed by atoms with van der Waals surface area (Å²) < 4.78 is 0. The van der Waals surface area contributed by atoms with Crippen molar-refractivity contribution in [1.82, 2.24) is 0 Å². The SMILES string of the molecule is Cc1ccc(C#CCN)cc1N1C(=O)C2C(C1=O)C2(C)C. The van der Waals surface area contributed by atoms with Crippen LogP contribution < -0.4 is 10.6 Å². The Morgan fingerprint density at radius 2 is 1.86 bits per heavy atom. The molecule has 1 aromatic carbocycles. The van der Waals surface area contributed by atoms with Gasteiger partial charge in [-0.2, -0.15) is 0 Å². The van der Waals surface area contributed by atoms with E-state index in [-0.39, 0.29) is 35.6 Å². The molecule has 2 unspecified atom stereocenters. The highest BCUT2D eigenvalue weighted by atomic mass is 16.2. The maximum Gasteiger partial charge on any atom is 0.238 e. The smallest absolute Gasteiger partial charge is 0.238 e. The van der Waals surface area contributed by atoms with Gasteiger partial charge in [0, 0.05) is 5.56 Å². The van der Waals surface area contributed by atoms with Crippen LogP contribution in [0.4, 0.5) is 5.69 Å². The number of fused-ring (bicyclic) bond motifs is 1. The molecule has 0 radical (unpaired) electrons. The average Bonchev–Trinajstić information content (AvgIpc) is 2.89. The highest BCUT2D eigenvalue weighted by Gasteiger charge is 2.72. The van der Waals surface area contributed by atoms with Crippen molar-refractivity contribution in [2.75, 3.05) is 11.4 Å². The van der Waals surface area contributed by atoms with E-state index in [0.717, 1.165) is 11.1 Å². The van der Waals surface area contributed by atoms with Gasteiger partial charge in [-0.15, -0.1) is 0 Å². The first-order valence-corrected chi connectivity index (χ1v) is 7.07. The molecule has 1 saturated heterocycles. The monoisotopic (exact) mass is 282 g/mol. The fourth-order valence-electron chi connectivity index (χ4n) is 3.26. The van der Waals surface area contributed by atoms with Crippen LogP contribution in [0, 0.1) is 36.0 Å². The lowest BCUT2D eigenvalue weighted by atomic mass is 10.0. The third-order valence-electron chi connectivity index (χ3n) is 4.59. The molecular weight excluding hydrogens is 264 g/mol. The number of hydrogen-bond acceptors (Lipinski definition) is 3. The minimum Gasteiger partial charge on any atom is -0.320 e. The highest BCUT2D eigenvalue weighted by Crippen LogP contribution is 2.63. The largest absolute Gasteiger partial charge is 0.320 e. The van der Waals surface area contributed by atoms with Crippen molar-refractivity contribution in [1.29, 1.82) is 0 Å². The van der Waals surface area contributed by atoms with Crippen molar-refractivity contribution < 1.29 is 9.59 Å². The van der Waals surface area contributed by atoms with Crippen LogP contribution in [0.25, 0.3) is 0 Å². The van der Waals surface area contributed by atoms with E-state index in [1.807, 2.05) is 32.9 Å². The summed E-state index contributed by atoms with van der Waals surface area (Å²) in [6.07, 6.45) is 0. The van der Waals surface area contributed by atoms with Gasteiger partial charge in [0.05, 0.1) is 24.1 Å². The van der Waals surface area contributed by atoms with Crippen molar-refractivity contribution in [3.63, 3.8) is 0 Å². The molecule has 0 aromatic heterocycles. The van der Waals surface area contributed by atoms with E-state index in [9.17, 15) is 9.59 Å². The molecule has 1 saturated carbocycles. The number of rotatable bonds is 1. The van der Waals surface area contributed by atoms with Crippen LogP contribution in [0.5, 0.6) is 0 Å². The molecule has 2 aliphatic rings. The molecular formula is C17H18N2O2. The lowest BCUT2D eigenvalue weighted by Crippen LogP contribution is -2.36. The molecule has 4 heteroatoms. The topological polar surface area (TPSA) is 63.4 Å². The Hall–Kier alpha value is -2.12. The summed E-state index contributed by atoms with van der Waals surface area (Å²) >= 11 is 0. The minimum absolute atomic E-state index is 0.0814. The fourth-order valence-corrected chi connectivity index (χ4v) is 3.26. The van der Waals surface area contributed by atoms with Gasteiger partial charge in [-0.25, -0.2) is 4.90 Å². The zero-order chi connectivity index (χ0) is 15.4. The molecule has 2 N–H and O–H groups in total. The first-order chi connectivity index (χ1) is 9.89. The van der Waals surface area contributed by atoms with Crippen molar-refractivity contribution in [2.45, 2.75) is 20.8 Å². The van der Waals surface area contributed by atoms with Crippen LogP contribution in [-0.4, -0.2) is 18.4 Å². The van der Waals surface area contributed by atoms with Gasteiger partial charge in [0.1, 0.15) is 0 Å². The fraction of sp³-hybridized carbons (Fsp3) is 0.412. The molecule has 0 bridgehead atoms. The van der Waals surface area contributed by atoms with Crippen molar-refractivity contribution in [2.24, 2.45) is 23.0 Å². The van der Waals surface area contributed by atoms with Crippen molar-refractivity contribution >= 4 is 17.5 Å². The second-order valence-electron chi connectivity index (χ2n) is 6.30. The molecule has 4 nitrogen and oxygen atoms in total. The summed E-state index contributed by atoms with van der Waals surface area (Å²) in [5, 5.41) is 0. The number of hydrogen-bond donors (Lipinski definition) is 1. The van der Waals surface area contributed by atoms with Crippen LogP contribution in [-0.2, 0) is 9.59 Å². The quantitative estimate of drug-likeness (QED) is 0.626. The van der Waals surface area contributed by atoms with Crippen LogP contribution >= 0.6 is 0 Å². The van der Waals surface area contributed by atoms with E-state index in [2.05, 4.69) is 11.8 Å². The van der Waals surface area contributed by atoms with E-state index in [1.165, 1.54) is 4.90 Å². The number of anilines is 1. The molecule has 2 amide bonds. The molecule has 1 aromatic rings. The third kappa shape index (κ3) is 1.89. The Bertz CT molecular complexity index is 685. The number of piperidine rings is 1. The number of benzene rings is 1. The van der Waals surface area contributed by atoms with Crippen LogP contribution in [0.3, 0.4) is 0 Å². The van der Waals surface area contributed by atoms with Crippen molar-refractivity contribution in [3.05, 3.63) is 29.3 Å². The number of carbonyl (C=O) groups excluding carboxylic acids is 2. The zero-order valence-corrected chi connectivity index (χ0v) is 12.4. The maximum atomic E-state index is 12.5. The number of aryl methyl sites for hydroxylation is 1. The predicted octanol–water partition coefficient (Wildman–Crippen LogP) is 1.45. The van der Waals surface area contributed by atoms with Crippen LogP contribution in [0.15, 0.2) is 18.2 Å². The van der Waals surface area contributed by atoms with E-state index in [1.54, 1.807) is 6.07 Å². The normalized spacial score (nSPS) is 25.4. The molecule has 0 spiro atoms. The summed E-state index contributed by atoms with van der Waals surface area (Å²) in [7, 11) is 0. The predicted molar refractivity (Wildman–Crippen MR) is 80.4 cm³/mol. The Kier molecular flexibility index (Phi) is 2.93. The lowest BCUT2D eigenvalue weighted by molar-refractivity contribution is -0.125. The second kappa shape index (κ2) is 4.44. The summed E-state index contributed by atoms with van der Waals surface area (Å²) in [6.45, 7) is 6.13. The molecule has 3 rings (SSSR count). The summed E-state index contributed by atoms with van der Waals surface area (Å²) in [4.78, 5) is 26.3. The Balaban J connectivity index is 1.99. The van der Waals surface area contributed by atoms with Gasteiger partial charge in [-0.3, -0.25) is 9.59 Å². The molecule has 2 atom stereocenters. The molecule has 1 aliphatic carbocycles. The maximum absolute atomic E-state index is 12.5. The van der Waals surface area contributed by atoms with E-state index >= 15 is 0 Å². The summed E-state index contributed by atoms with van der Waals surface area (Å²) in [6, 6.07) is 5.55. The molecule has 21 heavy (non-hydrogen) atoms. The number of nitrogens with zero attached hydrogens (tertiary/aromatic N) is 1. The second-order valence-corrected chi connectivity index (χ2v) is 6.30.